The fraction of sp³-hybridized carbons (Fsp3) is 0.304. The number of carbonyl (C=O) groups excluding carboxylic acids is 2. The van der Waals surface area contributed by atoms with Crippen molar-refractivity contribution in [3.8, 4) is 17.2 Å². The van der Waals surface area contributed by atoms with E-state index in [2.05, 4.69) is 5.32 Å². The molecule has 160 valence electrons. The molecule has 0 fully saturated rings. The van der Waals surface area contributed by atoms with E-state index >= 15 is 0 Å². The van der Waals surface area contributed by atoms with Gasteiger partial charge in [0.2, 0.25) is 0 Å². The molecule has 0 aliphatic heterocycles. The summed E-state index contributed by atoms with van der Waals surface area (Å²) in [6, 6.07) is 12.8. The lowest BCUT2D eigenvalue weighted by molar-refractivity contribution is -0.150. The van der Waals surface area contributed by atoms with E-state index in [1.54, 1.807) is 38.5 Å². The molecule has 1 unspecified atom stereocenters. The van der Waals surface area contributed by atoms with Crippen molar-refractivity contribution in [1.82, 2.24) is 5.32 Å². The number of hydrogen-bond donors (Lipinski definition) is 1. The number of hydrogen-bond acceptors (Lipinski definition) is 6. The highest BCUT2D eigenvalue weighted by molar-refractivity contribution is 5.90. The number of amides is 1. The highest BCUT2D eigenvalue weighted by atomic mass is 16.5. The van der Waals surface area contributed by atoms with Gasteiger partial charge in [-0.25, -0.2) is 4.79 Å². The van der Waals surface area contributed by atoms with Crippen LogP contribution in [0.15, 0.2) is 48.5 Å². The first kappa shape index (κ1) is 22.8. The first-order chi connectivity index (χ1) is 14.5. The number of carbonyl (C=O) groups is 2. The van der Waals surface area contributed by atoms with Gasteiger partial charge in [0.05, 0.1) is 21.3 Å². The zero-order chi connectivity index (χ0) is 21.9. The van der Waals surface area contributed by atoms with Crippen molar-refractivity contribution in [1.29, 1.82) is 0 Å². The SMILES string of the molecule is COc1ccc(CCNC(=O)C(C)OC(=O)/C=C/c2cc(OC)ccc2OC)cc1. The number of benzene rings is 2. The summed E-state index contributed by atoms with van der Waals surface area (Å²) in [7, 11) is 4.70. The van der Waals surface area contributed by atoms with Gasteiger partial charge in [0.1, 0.15) is 17.2 Å². The van der Waals surface area contributed by atoms with Crippen LogP contribution in [0.4, 0.5) is 0 Å². The lowest BCUT2D eigenvalue weighted by Crippen LogP contribution is -2.36. The zero-order valence-electron chi connectivity index (χ0n) is 17.6. The van der Waals surface area contributed by atoms with E-state index in [0.717, 1.165) is 11.3 Å². The summed E-state index contributed by atoms with van der Waals surface area (Å²) in [6.45, 7) is 1.96. The summed E-state index contributed by atoms with van der Waals surface area (Å²) in [5, 5.41) is 2.76. The van der Waals surface area contributed by atoms with E-state index in [4.69, 9.17) is 18.9 Å². The highest BCUT2D eigenvalue weighted by Crippen LogP contribution is 2.25. The van der Waals surface area contributed by atoms with Crippen molar-refractivity contribution < 1.29 is 28.5 Å². The Morgan fingerprint density at radius 3 is 2.27 bits per heavy atom. The van der Waals surface area contributed by atoms with Gasteiger partial charge in [-0.05, 0) is 55.3 Å². The second-order valence-electron chi connectivity index (χ2n) is 6.41. The quantitative estimate of drug-likeness (QED) is 0.476. The van der Waals surface area contributed by atoms with E-state index in [1.807, 2.05) is 24.3 Å². The second-order valence-corrected chi connectivity index (χ2v) is 6.41. The molecule has 0 saturated carbocycles. The van der Waals surface area contributed by atoms with Crippen LogP contribution in [-0.2, 0) is 20.7 Å². The van der Waals surface area contributed by atoms with E-state index in [0.29, 0.717) is 30.0 Å². The van der Waals surface area contributed by atoms with Crippen molar-refractivity contribution in [2.75, 3.05) is 27.9 Å². The molecule has 0 spiro atoms. The molecular formula is C23H27NO6. The van der Waals surface area contributed by atoms with Crippen molar-refractivity contribution in [2.45, 2.75) is 19.4 Å². The number of methoxy groups -OCH3 is 3. The average molecular weight is 413 g/mol. The van der Waals surface area contributed by atoms with Crippen LogP contribution in [-0.4, -0.2) is 45.9 Å². The lowest BCUT2D eigenvalue weighted by atomic mass is 10.1. The van der Waals surface area contributed by atoms with Gasteiger partial charge >= 0.3 is 5.97 Å². The van der Waals surface area contributed by atoms with Crippen molar-refractivity contribution >= 4 is 18.0 Å². The Morgan fingerprint density at radius 2 is 1.63 bits per heavy atom. The van der Waals surface area contributed by atoms with Gasteiger partial charge < -0.3 is 24.3 Å². The van der Waals surface area contributed by atoms with E-state index in [1.165, 1.54) is 20.1 Å². The summed E-state index contributed by atoms with van der Waals surface area (Å²) in [5.74, 6) is 1.02. The molecule has 0 heterocycles. The molecule has 1 N–H and O–H groups in total. The van der Waals surface area contributed by atoms with Crippen LogP contribution >= 0.6 is 0 Å². The largest absolute Gasteiger partial charge is 0.497 e. The molecule has 1 atom stereocenters. The van der Waals surface area contributed by atoms with Crippen molar-refractivity contribution in [3.63, 3.8) is 0 Å². The van der Waals surface area contributed by atoms with Crippen LogP contribution in [0.1, 0.15) is 18.1 Å². The molecule has 0 bridgehead atoms. The van der Waals surface area contributed by atoms with Crippen LogP contribution in [0.2, 0.25) is 0 Å². The molecule has 1 amide bonds. The van der Waals surface area contributed by atoms with Gasteiger partial charge in [0, 0.05) is 18.2 Å². The molecule has 0 aromatic heterocycles. The molecule has 30 heavy (non-hydrogen) atoms. The van der Waals surface area contributed by atoms with Gasteiger partial charge in [0.15, 0.2) is 6.10 Å². The van der Waals surface area contributed by atoms with Crippen LogP contribution in [0, 0.1) is 0 Å². The Balaban J connectivity index is 1.82. The van der Waals surface area contributed by atoms with Crippen LogP contribution < -0.4 is 19.5 Å². The Morgan fingerprint density at radius 1 is 0.967 bits per heavy atom. The van der Waals surface area contributed by atoms with E-state index < -0.39 is 12.1 Å². The standard InChI is InChI=1S/C23H27NO6/c1-16(23(26)24-14-13-17-5-8-19(27-2)9-6-17)30-22(25)12-7-18-15-20(28-3)10-11-21(18)29-4/h5-12,15-16H,13-14H2,1-4H3,(H,24,26)/b12-7+. The topological polar surface area (TPSA) is 83.1 Å². The molecule has 0 aliphatic carbocycles. The lowest BCUT2D eigenvalue weighted by Gasteiger charge is -2.12. The molecule has 0 saturated heterocycles. The van der Waals surface area contributed by atoms with Gasteiger partial charge in [0.25, 0.3) is 5.91 Å². The van der Waals surface area contributed by atoms with Crippen LogP contribution in [0.25, 0.3) is 6.08 Å². The van der Waals surface area contributed by atoms with E-state index in [-0.39, 0.29) is 5.91 Å². The van der Waals surface area contributed by atoms with Gasteiger partial charge in [-0.2, -0.15) is 0 Å². The summed E-state index contributed by atoms with van der Waals surface area (Å²) in [4.78, 5) is 24.2. The summed E-state index contributed by atoms with van der Waals surface area (Å²) in [5.41, 5.74) is 1.72. The minimum atomic E-state index is -0.912. The smallest absolute Gasteiger partial charge is 0.331 e. The fourth-order valence-corrected chi connectivity index (χ4v) is 2.66. The average Bonchev–Trinajstić information content (AvgIpc) is 2.77. The second kappa shape index (κ2) is 11.5. The zero-order valence-corrected chi connectivity index (χ0v) is 17.6. The maximum atomic E-state index is 12.2. The summed E-state index contributed by atoms with van der Waals surface area (Å²) >= 11 is 0. The Hall–Kier alpha value is -3.48. The van der Waals surface area contributed by atoms with Gasteiger partial charge in [-0.15, -0.1) is 0 Å². The highest BCUT2D eigenvalue weighted by Gasteiger charge is 2.16. The maximum absolute atomic E-state index is 12.2. The number of esters is 1. The van der Waals surface area contributed by atoms with Crippen LogP contribution in [0.5, 0.6) is 17.2 Å². The minimum Gasteiger partial charge on any atom is -0.497 e. The fourth-order valence-electron chi connectivity index (χ4n) is 2.66. The minimum absolute atomic E-state index is 0.357. The molecule has 2 aromatic rings. The number of ether oxygens (including phenoxy) is 4. The number of rotatable bonds is 10. The van der Waals surface area contributed by atoms with Gasteiger partial charge in [-0.1, -0.05) is 12.1 Å². The predicted molar refractivity (Wildman–Crippen MR) is 114 cm³/mol. The molecule has 2 rings (SSSR count). The Bertz CT molecular complexity index is 876. The monoisotopic (exact) mass is 413 g/mol. The summed E-state index contributed by atoms with van der Waals surface area (Å²) in [6.07, 6.45) is 2.55. The molecule has 0 radical (unpaired) electrons. The van der Waals surface area contributed by atoms with Crippen LogP contribution in [0.3, 0.4) is 0 Å². The Kier molecular flexibility index (Phi) is 8.75. The summed E-state index contributed by atoms with van der Waals surface area (Å²) < 4.78 is 20.7. The third-order valence-corrected chi connectivity index (χ3v) is 4.37. The Labute approximate surface area is 176 Å². The predicted octanol–water partition coefficient (Wildman–Crippen LogP) is 3.02. The van der Waals surface area contributed by atoms with Gasteiger partial charge in [-0.3, -0.25) is 4.79 Å². The van der Waals surface area contributed by atoms with Crippen molar-refractivity contribution in [2.24, 2.45) is 0 Å². The first-order valence-corrected chi connectivity index (χ1v) is 9.48. The normalized spacial score (nSPS) is 11.6. The molecular weight excluding hydrogens is 386 g/mol. The maximum Gasteiger partial charge on any atom is 0.331 e. The first-order valence-electron chi connectivity index (χ1n) is 9.48. The molecule has 0 aliphatic rings. The third kappa shape index (κ3) is 6.84. The van der Waals surface area contributed by atoms with Crippen molar-refractivity contribution in [3.05, 3.63) is 59.7 Å². The molecule has 2 aromatic carbocycles. The van der Waals surface area contributed by atoms with E-state index in [9.17, 15) is 9.59 Å². The molecule has 7 nitrogen and oxygen atoms in total. The third-order valence-electron chi connectivity index (χ3n) is 4.37. The number of nitrogens with one attached hydrogen (secondary N) is 1. The molecule has 7 heteroatoms.